The summed E-state index contributed by atoms with van der Waals surface area (Å²) in [5.74, 6) is 0.558. The van der Waals surface area contributed by atoms with Crippen LogP contribution in [0.25, 0.3) is 0 Å². The minimum Gasteiger partial charge on any atom is -0.379 e. The van der Waals surface area contributed by atoms with Gasteiger partial charge in [-0.15, -0.1) is 0 Å². The van der Waals surface area contributed by atoms with Crippen molar-refractivity contribution in [2.24, 2.45) is 0 Å². The number of aromatic nitrogens is 2. The van der Waals surface area contributed by atoms with Crippen LogP contribution >= 0.6 is 15.9 Å². The highest BCUT2D eigenvalue weighted by atomic mass is 79.9. The highest BCUT2D eigenvalue weighted by Crippen LogP contribution is 2.26. The van der Waals surface area contributed by atoms with Crippen LogP contribution in [0.2, 0.25) is 0 Å². The Balaban J connectivity index is 2.22. The third-order valence-electron chi connectivity index (χ3n) is 2.28. The first kappa shape index (κ1) is 9.02. The predicted molar refractivity (Wildman–Crippen MR) is 53.4 cm³/mol. The first-order chi connectivity index (χ1) is 6.29. The number of hydrogen-bond acceptors (Lipinski definition) is 3. The molecule has 2 heterocycles. The van der Waals surface area contributed by atoms with Crippen LogP contribution in [-0.2, 0) is 4.74 Å². The first-order valence-electron chi connectivity index (χ1n) is 4.35. The molecule has 72 valence electrons. The lowest BCUT2D eigenvalue weighted by molar-refractivity contribution is 0.0592. The summed E-state index contributed by atoms with van der Waals surface area (Å²) in [6, 6.07) is 0.339. The monoisotopic (exact) mass is 245 g/mol. The van der Waals surface area contributed by atoms with E-state index in [1.165, 1.54) is 0 Å². The number of hydrogen-bond donors (Lipinski definition) is 1. The standard InChI is InChI=1S/C8H12BrN3O/c9-7-4-11-8(10)12(7)6-2-1-3-13-5-6/h4,6H,1-3,5H2,(H2,10,11). The molecule has 0 aromatic carbocycles. The van der Waals surface area contributed by atoms with Crippen molar-refractivity contribution in [3.05, 3.63) is 10.8 Å². The lowest BCUT2D eigenvalue weighted by atomic mass is 10.1. The molecule has 1 saturated heterocycles. The zero-order chi connectivity index (χ0) is 9.26. The van der Waals surface area contributed by atoms with Crippen molar-refractivity contribution in [3.8, 4) is 0 Å². The summed E-state index contributed by atoms with van der Waals surface area (Å²) in [6.07, 6.45) is 3.93. The van der Waals surface area contributed by atoms with Crippen LogP contribution in [-0.4, -0.2) is 22.8 Å². The van der Waals surface area contributed by atoms with Crippen LogP contribution in [0.3, 0.4) is 0 Å². The molecule has 2 N–H and O–H groups in total. The second-order valence-electron chi connectivity index (χ2n) is 3.18. The Labute approximate surface area is 85.2 Å². The van der Waals surface area contributed by atoms with Crippen molar-refractivity contribution in [2.45, 2.75) is 18.9 Å². The minimum atomic E-state index is 0.339. The van der Waals surface area contributed by atoms with E-state index in [9.17, 15) is 0 Å². The Kier molecular flexibility index (Phi) is 2.55. The van der Waals surface area contributed by atoms with Crippen molar-refractivity contribution in [1.29, 1.82) is 0 Å². The fourth-order valence-electron chi connectivity index (χ4n) is 1.64. The van der Waals surface area contributed by atoms with Gasteiger partial charge in [-0.25, -0.2) is 4.98 Å². The van der Waals surface area contributed by atoms with Crippen LogP contribution in [0.1, 0.15) is 18.9 Å². The van der Waals surface area contributed by atoms with E-state index < -0.39 is 0 Å². The van der Waals surface area contributed by atoms with E-state index in [1.54, 1.807) is 6.20 Å². The lowest BCUT2D eigenvalue weighted by Gasteiger charge is -2.24. The second kappa shape index (κ2) is 3.67. The number of nitrogen functional groups attached to an aromatic ring is 1. The molecule has 1 aromatic rings. The largest absolute Gasteiger partial charge is 0.379 e. The third kappa shape index (κ3) is 1.71. The number of rotatable bonds is 1. The second-order valence-corrected chi connectivity index (χ2v) is 3.99. The fourth-order valence-corrected chi connectivity index (χ4v) is 2.22. The lowest BCUT2D eigenvalue weighted by Crippen LogP contribution is -2.22. The van der Waals surface area contributed by atoms with Crippen molar-refractivity contribution in [2.75, 3.05) is 18.9 Å². The van der Waals surface area contributed by atoms with Crippen molar-refractivity contribution < 1.29 is 4.74 Å². The van der Waals surface area contributed by atoms with Crippen LogP contribution < -0.4 is 5.73 Å². The first-order valence-corrected chi connectivity index (χ1v) is 5.14. The Morgan fingerprint density at radius 2 is 2.54 bits per heavy atom. The summed E-state index contributed by atoms with van der Waals surface area (Å²) in [7, 11) is 0. The van der Waals surface area contributed by atoms with Gasteiger partial charge >= 0.3 is 0 Å². The van der Waals surface area contributed by atoms with Crippen molar-refractivity contribution in [3.63, 3.8) is 0 Å². The molecule has 0 amide bonds. The molecule has 0 aliphatic carbocycles. The van der Waals surface area contributed by atoms with Gasteiger partial charge in [0.1, 0.15) is 4.60 Å². The average Bonchev–Trinajstić information content (AvgIpc) is 2.48. The fraction of sp³-hybridized carbons (Fsp3) is 0.625. The Morgan fingerprint density at radius 1 is 1.69 bits per heavy atom. The van der Waals surface area contributed by atoms with Crippen molar-refractivity contribution in [1.82, 2.24) is 9.55 Å². The smallest absolute Gasteiger partial charge is 0.201 e. The van der Waals surface area contributed by atoms with Crippen LogP contribution in [0.5, 0.6) is 0 Å². The minimum absolute atomic E-state index is 0.339. The Hall–Kier alpha value is -0.550. The topological polar surface area (TPSA) is 53.1 Å². The molecular weight excluding hydrogens is 234 g/mol. The van der Waals surface area contributed by atoms with E-state index in [2.05, 4.69) is 20.9 Å². The van der Waals surface area contributed by atoms with Gasteiger partial charge in [-0.1, -0.05) is 0 Å². The van der Waals surface area contributed by atoms with Crippen molar-refractivity contribution >= 4 is 21.9 Å². The van der Waals surface area contributed by atoms with Gasteiger partial charge < -0.3 is 10.5 Å². The number of imidazole rings is 1. The predicted octanol–water partition coefficient (Wildman–Crippen LogP) is 1.58. The number of anilines is 1. The Morgan fingerprint density at radius 3 is 3.08 bits per heavy atom. The molecule has 1 aromatic heterocycles. The zero-order valence-electron chi connectivity index (χ0n) is 7.24. The molecule has 1 unspecified atom stereocenters. The molecule has 0 saturated carbocycles. The SMILES string of the molecule is Nc1ncc(Br)n1C1CCCOC1. The maximum Gasteiger partial charge on any atom is 0.201 e. The van der Waals surface area contributed by atoms with Gasteiger partial charge in [0.05, 0.1) is 18.8 Å². The number of ether oxygens (including phenoxy) is 1. The van der Waals surface area contributed by atoms with Crippen LogP contribution in [0.4, 0.5) is 5.95 Å². The molecule has 0 bridgehead atoms. The van der Waals surface area contributed by atoms with E-state index in [-0.39, 0.29) is 0 Å². The van der Waals surface area contributed by atoms with Gasteiger partial charge in [-0.05, 0) is 28.8 Å². The highest BCUT2D eigenvalue weighted by molar-refractivity contribution is 9.10. The normalized spacial score (nSPS) is 23.3. The van der Waals surface area contributed by atoms with E-state index in [0.29, 0.717) is 12.0 Å². The van der Waals surface area contributed by atoms with Gasteiger partial charge in [-0.3, -0.25) is 4.57 Å². The summed E-state index contributed by atoms with van der Waals surface area (Å²) in [5, 5.41) is 0. The third-order valence-corrected chi connectivity index (χ3v) is 2.87. The molecule has 1 fully saturated rings. The van der Waals surface area contributed by atoms with E-state index in [1.807, 2.05) is 4.57 Å². The molecular formula is C8H12BrN3O. The van der Waals surface area contributed by atoms with Gasteiger partial charge in [0.15, 0.2) is 0 Å². The molecule has 4 nitrogen and oxygen atoms in total. The molecule has 2 rings (SSSR count). The van der Waals surface area contributed by atoms with E-state index >= 15 is 0 Å². The molecule has 0 spiro atoms. The summed E-state index contributed by atoms with van der Waals surface area (Å²) in [5.41, 5.74) is 5.74. The molecule has 13 heavy (non-hydrogen) atoms. The van der Waals surface area contributed by atoms with Gasteiger partial charge in [0, 0.05) is 6.61 Å². The zero-order valence-corrected chi connectivity index (χ0v) is 8.83. The molecule has 0 radical (unpaired) electrons. The maximum atomic E-state index is 5.74. The van der Waals surface area contributed by atoms with Crippen LogP contribution in [0.15, 0.2) is 10.8 Å². The number of nitrogens with zero attached hydrogens (tertiary/aromatic N) is 2. The summed E-state index contributed by atoms with van der Waals surface area (Å²) in [6.45, 7) is 1.60. The Bertz CT molecular complexity index is 274. The molecule has 1 aliphatic heterocycles. The molecule has 1 atom stereocenters. The number of nitrogens with two attached hydrogens (primary N) is 1. The van der Waals surface area contributed by atoms with E-state index in [0.717, 1.165) is 30.7 Å². The maximum absolute atomic E-state index is 5.74. The van der Waals surface area contributed by atoms with Gasteiger partial charge in [0.25, 0.3) is 0 Å². The highest BCUT2D eigenvalue weighted by Gasteiger charge is 2.19. The van der Waals surface area contributed by atoms with E-state index in [4.69, 9.17) is 10.5 Å². The summed E-state index contributed by atoms with van der Waals surface area (Å²) < 4.78 is 8.31. The molecule has 5 heteroatoms. The number of halogens is 1. The van der Waals surface area contributed by atoms with Gasteiger partial charge in [-0.2, -0.15) is 0 Å². The molecule has 1 aliphatic rings. The quantitative estimate of drug-likeness (QED) is 0.818. The summed E-state index contributed by atoms with van der Waals surface area (Å²) >= 11 is 3.42. The average molecular weight is 246 g/mol. The summed E-state index contributed by atoms with van der Waals surface area (Å²) in [4.78, 5) is 4.03. The van der Waals surface area contributed by atoms with Crippen LogP contribution in [0, 0.1) is 0 Å². The van der Waals surface area contributed by atoms with Gasteiger partial charge in [0.2, 0.25) is 5.95 Å².